The minimum Gasteiger partial charge on any atom is -0.465 e. The molecule has 0 aliphatic carbocycles. The van der Waals surface area contributed by atoms with E-state index in [0.29, 0.717) is 28.7 Å². The van der Waals surface area contributed by atoms with Gasteiger partial charge >= 0.3 is 11.9 Å². The molecule has 3 aromatic rings. The van der Waals surface area contributed by atoms with E-state index in [1.807, 2.05) is 30.7 Å². The minimum absolute atomic E-state index is 0.147. The first kappa shape index (κ1) is 29.0. The van der Waals surface area contributed by atoms with Crippen molar-refractivity contribution in [2.45, 2.75) is 70.5 Å². The Bertz CT molecular complexity index is 1400. The summed E-state index contributed by atoms with van der Waals surface area (Å²) >= 11 is 12.6. The molecule has 4 heterocycles. The Balaban J connectivity index is 1.34. The van der Waals surface area contributed by atoms with E-state index in [-0.39, 0.29) is 24.0 Å². The van der Waals surface area contributed by atoms with E-state index in [9.17, 15) is 13.6 Å². The van der Waals surface area contributed by atoms with Gasteiger partial charge in [0.05, 0.1) is 25.0 Å². The van der Waals surface area contributed by atoms with E-state index in [2.05, 4.69) is 21.5 Å². The first-order valence-corrected chi connectivity index (χ1v) is 14.4. The number of rotatable bonds is 7. The van der Waals surface area contributed by atoms with E-state index >= 15 is 0 Å². The van der Waals surface area contributed by atoms with E-state index in [1.54, 1.807) is 12.3 Å². The number of carbonyl (C=O) groups is 1. The van der Waals surface area contributed by atoms with Crippen molar-refractivity contribution in [3.05, 3.63) is 45.7 Å². The van der Waals surface area contributed by atoms with Crippen molar-refractivity contribution in [1.29, 1.82) is 0 Å². The Morgan fingerprint density at radius 3 is 2.73 bits per heavy atom. The van der Waals surface area contributed by atoms with Crippen LogP contribution >= 0.6 is 23.2 Å². The quantitative estimate of drug-likeness (QED) is 0.314. The van der Waals surface area contributed by atoms with E-state index in [0.717, 1.165) is 55.6 Å². The molecule has 2 saturated heterocycles. The molecular formula is C28H34Cl2F2N6O2. The lowest BCUT2D eigenvalue weighted by molar-refractivity contribution is -0.171. The molecule has 0 saturated carbocycles. The number of nitrogens with zero attached hydrogens (tertiary/aromatic N) is 6. The van der Waals surface area contributed by atoms with Crippen molar-refractivity contribution in [3.8, 4) is 0 Å². The molecule has 1 aromatic carbocycles. The Labute approximate surface area is 242 Å². The lowest BCUT2D eigenvalue weighted by Gasteiger charge is -2.44. The second-order valence-electron chi connectivity index (χ2n) is 11.0. The summed E-state index contributed by atoms with van der Waals surface area (Å²) in [5.74, 6) is -3.98. The van der Waals surface area contributed by atoms with Gasteiger partial charge in [-0.3, -0.25) is 4.90 Å². The molecule has 2 aliphatic heterocycles. The third kappa shape index (κ3) is 5.50. The van der Waals surface area contributed by atoms with Gasteiger partial charge in [-0.2, -0.15) is 13.9 Å². The molecule has 4 atom stereocenters. The van der Waals surface area contributed by atoms with Crippen molar-refractivity contribution in [3.63, 3.8) is 0 Å². The molecule has 5 rings (SSSR count). The Hall–Kier alpha value is -2.56. The van der Waals surface area contributed by atoms with Crippen LogP contribution in [-0.4, -0.2) is 75.4 Å². The highest BCUT2D eigenvalue weighted by Crippen LogP contribution is 2.36. The Morgan fingerprint density at radius 1 is 1.25 bits per heavy atom. The highest BCUT2D eigenvalue weighted by Gasteiger charge is 2.46. The van der Waals surface area contributed by atoms with Crippen molar-refractivity contribution in [2.24, 2.45) is 5.92 Å². The molecule has 2 fully saturated rings. The fourth-order valence-electron chi connectivity index (χ4n) is 6.31. The van der Waals surface area contributed by atoms with Crippen LogP contribution in [-0.2, 0) is 9.53 Å². The standard InChI is InChI=1S/C28H34Cl2F2N6O2/c1-16-15-36(11-9-23(16)37-10-5-6-20(37)13-28(31,32)27(39)40-4)24-14-33-25-17(2)35-38(26(25)34-24)18(3)21-8-7-19(29)12-22(21)30/h7-8,12,14,16,18,20,23H,5-6,9-11,13,15H2,1-4H3/t16?,18-,20+,23?/m1/s1. The van der Waals surface area contributed by atoms with Gasteiger partial charge in [0.15, 0.2) is 5.65 Å². The predicted octanol–water partition coefficient (Wildman–Crippen LogP) is 5.93. The summed E-state index contributed by atoms with van der Waals surface area (Å²) in [5.41, 5.74) is 3.07. The van der Waals surface area contributed by atoms with Gasteiger partial charge in [0.1, 0.15) is 11.3 Å². The number of aryl methyl sites for hydroxylation is 1. The molecule has 0 N–H and O–H groups in total. The maximum atomic E-state index is 14.4. The number of methoxy groups -OCH3 is 1. The molecule has 2 aliphatic rings. The predicted molar refractivity (Wildman–Crippen MR) is 151 cm³/mol. The topological polar surface area (TPSA) is 76.4 Å². The van der Waals surface area contributed by atoms with Gasteiger partial charge in [-0.1, -0.05) is 36.2 Å². The zero-order chi connectivity index (χ0) is 28.8. The molecule has 12 heteroatoms. The van der Waals surface area contributed by atoms with Gasteiger partial charge in [-0.25, -0.2) is 19.4 Å². The zero-order valence-corrected chi connectivity index (χ0v) is 24.6. The third-order valence-corrected chi connectivity index (χ3v) is 8.91. The van der Waals surface area contributed by atoms with E-state index in [4.69, 9.17) is 38.3 Å². The maximum absolute atomic E-state index is 14.4. The van der Waals surface area contributed by atoms with E-state index < -0.39 is 18.3 Å². The number of aromatic nitrogens is 4. The van der Waals surface area contributed by atoms with Crippen LogP contribution in [0.3, 0.4) is 0 Å². The molecular weight excluding hydrogens is 561 g/mol. The second-order valence-corrected chi connectivity index (χ2v) is 11.8. The first-order valence-electron chi connectivity index (χ1n) is 13.6. The number of hydrogen-bond donors (Lipinski definition) is 0. The second kappa shape index (κ2) is 11.4. The van der Waals surface area contributed by atoms with Gasteiger partial charge < -0.3 is 9.64 Å². The number of benzene rings is 1. The van der Waals surface area contributed by atoms with Crippen molar-refractivity contribution in [2.75, 3.05) is 31.6 Å². The van der Waals surface area contributed by atoms with Gasteiger partial charge in [0, 0.05) is 41.6 Å². The van der Waals surface area contributed by atoms with Crippen molar-refractivity contribution < 1.29 is 18.3 Å². The van der Waals surface area contributed by atoms with Crippen LogP contribution in [0.25, 0.3) is 11.2 Å². The van der Waals surface area contributed by atoms with Crippen molar-refractivity contribution in [1.82, 2.24) is 24.6 Å². The number of alkyl halides is 2. The summed E-state index contributed by atoms with van der Waals surface area (Å²) in [6.07, 6.45) is 3.57. The molecule has 0 radical (unpaired) electrons. The fraction of sp³-hybridized carbons (Fsp3) is 0.571. The van der Waals surface area contributed by atoms with Crippen molar-refractivity contribution >= 4 is 46.2 Å². The highest BCUT2D eigenvalue weighted by molar-refractivity contribution is 6.35. The van der Waals surface area contributed by atoms with Gasteiger partial charge in [-0.15, -0.1) is 0 Å². The number of fused-ring (bicyclic) bond motifs is 1. The molecule has 2 unspecified atom stereocenters. The number of likely N-dealkylation sites (tertiary alicyclic amines) is 1. The smallest absolute Gasteiger partial charge is 0.376 e. The zero-order valence-electron chi connectivity index (χ0n) is 23.1. The van der Waals surface area contributed by atoms with Crippen LogP contribution in [0.1, 0.15) is 56.8 Å². The Kier molecular flexibility index (Phi) is 8.23. The van der Waals surface area contributed by atoms with Crippen LogP contribution in [0.15, 0.2) is 24.4 Å². The number of carbonyl (C=O) groups excluding carboxylic acids is 1. The lowest BCUT2D eigenvalue weighted by Crippen LogP contribution is -2.53. The van der Waals surface area contributed by atoms with Gasteiger partial charge in [0.2, 0.25) is 0 Å². The SMILES string of the molecule is COC(=O)C(F)(F)C[C@@H]1CCCN1C1CCN(c2cnc3c(C)nn([C@H](C)c4ccc(Cl)cc4Cl)c3n2)CC1C. The summed E-state index contributed by atoms with van der Waals surface area (Å²) in [4.78, 5) is 25.7. The number of piperidine rings is 1. The highest BCUT2D eigenvalue weighted by atomic mass is 35.5. The average molecular weight is 596 g/mol. The molecule has 0 spiro atoms. The normalized spacial score (nSPS) is 23.1. The molecule has 8 nitrogen and oxygen atoms in total. The van der Waals surface area contributed by atoms with Crippen LogP contribution in [0.2, 0.25) is 10.0 Å². The Morgan fingerprint density at radius 2 is 2.02 bits per heavy atom. The molecule has 216 valence electrons. The fourth-order valence-corrected chi connectivity index (χ4v) is 6.88. The van der Waals surface area contributed by atoms with Crippen LogP contribution in [0.4, 0.5) is 14.6 Å². The average Bonchev–Trinajstić information content (AvgIpc) is 3.50. The number of halogens is 4. The third-order valence-electron chi connectivity index (χ3n) is 8.35. The number of esters is 1. The van der Waals surface area contributed by atoms with E-state index in [1.165, 1.54) is 0 Å². The largest absolute Gasteiger partial charge is 0.465 e. The summed E-state index contributed by atoms with van der Waals surface area (Å²) in [6.45, 7) is 8.26. The van der Waals surface area contributed by atoms with Crippen LogP contribution in [0, 0.1) is 12.8 Å². The van der Waals surface area contributed by atoms with Gasteiger partial charge in [0.25, 0.3) is 0 Å². The summed E-state index contributed by atoms with van der Waals surface area (Å²) < 4.78 is 35.0. The van der Waals surface area contributed by atoms with Crippen LogP contribution in [0.5, 0.6) is 0 Å². The molecule has 40 heavy (non-hydrogen) atoms. The minimum atomic E-state index is -3.48. The summed E-state index contributed by atoms with van der Waals surface area (Å²) in [6, 6.07) is 5.04. The monoisotopic (exact) mass is 594 g/mol. The van der Waals surface area contributed by atoms with Gasteiger partial charge in [-0.05, 0) is 63.3 Å². The summed E-state index contributed by atoms with van der Waals surface area (Å²) in [5, 5.41) is 5.86. The summed E-state index contributed by atoms with van der Waals surface area (Å²) in [7, 11) is 1.00. The number of anilines is 1. The number of ether oxygens (including phenoxy) is 1. The molecule has 0 amide bonds. The number of hydrogen-bond acceptors (Lipinski definition) is 7. The molecule has 2 aromatic heterocycles. The lowest BCUT2D eigenvalue weighted by atomic mass is 9.91. The maximum Gasteiger partial charge on any atom is 0.376 e. The molecule has 0 bridgehead atoms. The first-order chi connectivity index (χ1) is 19.0. The van der Waals surface area contributed by atoms with Crippen LogP contribution < -0.4 is 4.90 Å².